The molecular formula is C14H8F2N2O5S. The summed E-state index contributed by atoms with van der Waals surface area (Å²) in [6.45, 7) is 0. The van der Waals surface area contributed by atoms with E-state index in [4.69, 9.17) is 0 Å². The van der Waals surface area contributed by atoms with Crippen LogP contribution in [0.3, 0.4) is 0 Å². The summed E-state index contributed by atoms with van der Waals surface area (Å²) in [6, 6.07) is 5.39. The lowest BCUT2D eigenvalue weighted by Gasteiger charge is -2.08. The Hall–Kier alpha value is -3.01. The number of fused-ring (bicyclic) bond motifs is 1. The molecule has 0 spiro atoms. The van der Waals surface area contributed by atoms with Crippen molar-refractivity contribution in [1.82, 2.24) is 9.97 Å². The zero-order chi connectivity index (χ0) is 17.5. The van der Waals surface area contributed by atoms with Crippen LogP contribution in [-0.2, 0) is 10.1 Å². The third kappa shape index (κ3) is 2.91. The van der Waals surface area contributed by atoms with Gasteiger partial charge in [0.25, 0.3) is 5.56 Å². The van der Waals surface area contributed by atoms with Gasteiger partial charge in [-0.15, -0.1) is 0 Å². The van der Waals surface area contributed by atoms with Crippen LogP contribution in [-0.4, -0.2) is 18.4 Å². The standard InChI is InChI=1S/C14H8F2N2O5S/c15-7-1-4-12(10(16)5-7)23-24(21,22)8-2-3-11-9(6-8)13(19)18-14(20)17-11/h1-6H,(H2,17,18,19,20). The van der Waals surface area contributed by atoms with Gasteiger partial charge in [-0.2, -0.15) is 8.42 Å². The van der Waals surface area contributed by atoms with Crippen molar-refractivity contribution < 1.29 is 21.4 Å². The molecule has 7 nitrogen and oxygen atoms in total. The quantitative estimate of drug-likeness (QED) is 0.688. The van der Waals surface area contributed by atoms with Gasteiger partial charge in [0.05, 0.1) is 10.9 Å². The van der Waals surface area contributed by atoms with Crippen molar-refractivity contribution in [2.24, 2.45) is 0 Å². The molecule has 2 aromatic carbocycles. The molecule has 0 fully saturated rings. The third-order valence-corrected chi connectivity index (χ3v) is 4.32. The highest BCUT2D eigenvalue weighted by Gasteiger charge is 2.20. The fourth-order valence-corrected chi connectivity index (χ4v) is 2.97. The Balaban J connectivity index is 2.08. The summed E-state index contributed by atoms with van der Waals surface area (Å²) in [4.78, 5) is 26.7. The first-order valence-corrected chi connectivity index (χ1v) is 7.83. The molecule has 0 aliphatic carbocycles. The zero-order valence-electron chi connectivity index (χ0n) is 11.7. The third-order valence-electron chi connectivity index (χ3n) is 3.09. The molecule has 0 radical (unpaired) electrons. The molecule has 0 saturated carbocycles. The van der Waals surface area contributed by atoms with Crippen LogP contribution in [0.1, 0.15) is 0 Å². The molecule has 3 rings (SSSR count). The fourth-order valence-electron chi connectivity index (χ4n) is 2.01. The van der Waals surface area contributed by atoms with E-state index in [0.717, 1.165) is 24.3 Å². The van der Waals surface area contributed by atoms with E-state index >= 15 is 0 Å². The molecule has 0 amide bonds. The van der Waals surface area contributed by atoms with Gasteiger partial charge in [0.2, 0.25) is 0 Å². The van der Waals surface area contributed by atoms with Crippen LogP contribution in [0.4, 0.5) is 8.78 Å². The smallest absolute Gasteiger partial charge is 0.339 e. The predicted molar refractivity (Wildman–Crippen MR) is 79.4 cm³/mol. The van der Waals surface area contributed by atoms with E-state index in [1.54, 1.807) is 0 Å². The molecule has 10 heteroatoms. The lowest BCUT2D eigenvalue weighted by Crippen LogP contribution is -2.22. The second-order valence-corrected chi connectivity index (χ2v) is 6.27. The van der Waals surface area contributed by atoms with Crippen molar-refractivity contribution in [3.05, 3.63) is 68.9 Å². The second kappa shape index (κ2) is 5.57. The van der Waals surface area contributed by atoms with Crippen molar-refractivity contribution in [3.63, 3.8) is 0 Å². The zero-order valence-corrected chi connectivity index (χ0v) is 12.5. The molecule has 0 atom stereocenters. The Kier molecular flexibility index (Phi) is 3.68. The van der Waals surface area contributed by atoms with E-state index in [1.165, 1.54) is 6.07 Å². The van der Waals surface area contributed by atoms with Gasteiger partial charge in [-0.05, 0) is 30.3 Å². The number of aromatic amines is 2. The summed E-state index contributed by atoms with van der Waals surface area (Å²) < 4.78 is 55.4. The van der Waals surface area contributed by atoms with Crippen LogP contribution in [0.5, 0.6) is 5.75 Å². The number of aromatic nitrogens is 2. The Bertz CT molecular complexity index is 1170. The number of H-pyrrole nitrogens is 2. The maximum Gasteiger partial charge on any atom is 0.339 e. The summed E-state index contributed by atoms with van der Waals surface area (Å²) in [6.07, 6.45) is 0. The Morgan fingerprint density at radius 3 is 2.42 bits per heavy atom. The van der Waals surface area contributed by atoms with Gasteiger partial charge in [0, 0.05) is 6.07 Å². The number of benzene rings is 2. The monoisotopic (exact) mass is 354 g/mol. The molecule has 0 aliphatic rings. The van der Waals surface area contributed by atoms with Crippen molar-refractivity contribution >= 4 is 21.0 Å². The molecular weight excluding hydrogens is 346 g/mol. The lowest BCUT2D eigenvalue weighted by atomic mass is 10.2. The number of hydrogen-bond donors (Lipinski definition) is 2. The molecule has 24 heavy (non-hydrogen) atoms. The molecule has 0 aliphatic heterocycles. The number of halogens is 2. The van der Waals surface area contributed by atoms with Gasteiger partial charge >= 0.3 is 15.8 Å². The van der Waals surface area contributed by atoms with Crippen molar-refractivity contribution in [2.45, 2.75) is 4.90 Å². The first kappa shape index (κ1) is 15.9. The first-order chi connectivity index (χ1) is 11.3. The average molecular weight is 354 g/mol. The van der Waals surface area contributed by atoms with E-state index in [9.17, 15) is 26.8 Å². The normalized spacial score (nSPS) is 11.6. The maximum atomic E-state index is 13.5. The molecule has 2 N–H and O–H groups in total. The van der Waals surface area contributed by atoms with E-state index in [2.05, 4.69) is 9.17 Å². The molecule has 0 saturated heterocycles. The number of nitrogens with one attached hydrogen (secondary N) is 2. The van der Waals surface area contributed by atoms with Gasteiger partial charge in [0.15, 0.2) is 11.6 Å². The largest absolute Gasteiger partial charge is 0.376 e. The van der Waals surface area contributed by atoms with Crippen LogP contribution in [0.25, 0.3) is 10.9 Å². The molecule has 124 valence electrons. The average Bonchev–Trinajstić information content (AvgIpc) is 2.49. The highest BCUT2D eigenvalue weighted by atomic mass is 32.2. The van der Waals surface area contributed by atoms with E-state index in [1.807, 2.05) is 4.98 Å². The second-order valence-electron chi connectivity index (χ2n) is 4.73. The molecule has 1 aromatic heterocycles. The van der Waals surface area contributed by atoms with Crippen LogP contribution in [0.15, 0.2) is 50.9 Å². The SMILES string of the molecule is O=c1[nH]c(=O)c2cc(S(=O)(=O)Oc3ccc(F)cc3F)ccc2[nH]1. The van der Waals surface area contributed by atoms with Crippen LogP contribution in [0, 0.1) is 11.6 Å². The van der Waals surface area contributed by atoms with Crippen molar-refractivity contribution in [3.8, 4) is 5.75 Å². The maximum absolute atomic E-state index is 13.5. The van der Waals surface area contributed by atoms with Gasteiger partial charge in [0.1, 0.15) is 10.7 Å². The minimum Gasteiger partial charge on any atom is -0.376 e. The van der Waals surface area contributed by atoms with E-state index < -0.39 is 43.6 Å². The minimum atomic E-state index is -4.47. The van der Waals surface area contributed by atoms with Gasteiger partial charge < -0.3 is 9.17 Å². The van der Waals surface area contributed by atoms with Crippen molar-refractivity contribution in [2.75, 3.05) is 0 Å². The van der Waals surface area contributed by atoms with Gasteiger partial charge in [-0.25, -0.2) is 13.6 Å². The number of hydrogen-bond acceptors (Lipinski definition) is 5. The summed E-state index contributed by atoms with van der Waals surface area (Å²) in [7, 11) is -4.47. The topological polar surface area (TPSA) is 109 Å². The molecule has 0 bridgehead atoms. The predicted octanol–water partition coefficient (Wildman–Crippen LogP) is 1.26. The molecule has 0 unspecified atom stereocenters. The van der Waals surface area contributed by atoms with Gasteiger partial charge in [-0.1, -0.05) is 0 Å². The summed E-state index contributed by atoms with van der Waals surface area (Å²) >= 11 is 0. The first-order valence-electron chi connectivity index (χ1n) is 6.42. The molecule has 1 heterocycles. The minimum absolute atomic E-state index is 0.0983. The van der Waals surface area contributed by atoms with Crippen molar-refractivity contribution in [1.29, 1.82) is 0 Å². The number of rotatable bonds is 3. The van der Waals surface area contributed by atoms with Gasteiger partial charge in [-0.3, -0.25) is 9.78 Å². The Morgan fingerprint density at radius 2 is 1.71 bits per heavy atom. The highest BCUT2D eigenvalue weighted by molar-refractivity contribution is 7.87. The summed E-state index contributed by atoms with van der Waals surface area (Å²) in [5, 5.41) is -0.0983. The van der Waals surface area contributed by atoms with Crippen LogP contribution in [0.2, 0.25) is 0 Å². The van der Waals surface area contributed by atoms with E-state index in [0.29, 0.717) is 6.07 Å². The van der Waals surface area contributed by atoms with E-state index in [-0.39, 0.29) is 10.9 Å². The summed E-state index contributed by atoms with van der Waals surface area (Å²) in [5.41, 5.74) is -1.41. The van der Waals surface area contributed by atoms with Crippen LogP contribution < -0.4 is 15.4 Å². The fraction of sp³-hybridized carbons (Fsp3) is 0. The Morgan fingerprint density at radius 1 is 0.958 bits per heavy atom. The molecule has 3 aromatic rings. The lowest BCUT2D eigenvalue weighted by molar-refractivity contribution is 0.457. The summed E-state index contributed by atoms with van der Waals surface area (Å²) in [5.74, 6) is -2.77. The highest BCUT2D eigenvalue weighted by Crippen LogP contribution is 2.23. The Labute approximate surface area is 132 Å². The van der Waals surface area contributed by atoms with Crippen LogP contribution >= 0.6 is 0 Å².